The second-order valence-corrected chi connectivity index (χ2v) is 13.5. The highest BCUT2D eigenvalue weighted by atomic mass is 16.3. The minimum Gasteiger partial charge on any atom is -0.456 e. The van der Waals surface area contributed by atoms with Gasteiger partial charge in [0.2, 0.25) is 0 Å². The predicted octanol–water partition coefficient (Wildman–Crippen LogP) is 10.1. The van der Waals surface area contributed by atoms with Gasteiger partial charge in [-0.25, -0.2) is 15.0 Å². The summed E-state index contributed by atoms with van der Waals surface area (Å²) in [5.74, 6) is 2.01. The molecule has 0 N–H and O–H groups in total. The number of nitrogens with zero attached hydrogens (tertiary/aromatic N) is 4. The zero-order valence-corrected chi connectivity index (χ0v) is 28.1. The Morgan fingerprint density at radius 2 is 1.17 bits per heavy atom. The summed E-state index contributed by atoms with van der Waals surface area (Å²) in [6.45, 7) is 0. The molecule has 0 saturated heterocycles. The SMILES string of the molecule is C1=c2oc3cc(-n4c5ccccc5c5cc6ccccc6cc54)ccc3c2=C(c2nc(-c3ccccc3)nc(-c3ccc4ccccc4c3)n2)CC1. The molecule has 0 atom stereocenters. The van der Waals surface area contributed by atoms with Crippen LogP contribution in [-0.4, -0.2) is 19.5 Å². The highest BCUT2D eigenvalue weighted by Crippen LogP contribution is 2.36. The van der Waals surface area contributed by atoms with Gasteiger partial charge >= 0.3 is 0 Å². The van der Waals surface area contributed by atoms with Crippen LogP contribution in [0.4, 0.5) is 0 Å². The average Bonchev–Trinajstić information content (AvgIpc) is 3.74. The van der Waals surface area contributed by atoms with Gasteiger partial charge in [-0.2, -0.15) is 0 Å². The van der Waals surface area contributed by atoms with Crippen LogP contribution in [0.1, 0.15) is 18.7 Å². The Morgan fingerprint density at radius 3 is 2.02 bits per heavy atom. The van der Waals surface area contributed by atoms with E-state index in [0.717, 1.165) is 62.2 Å². The van der Waals surface area contributed by atoms with Crippen LogP contribution in [0.5, 0.6) is 0 Å². The molecule has 0 saturated carbocycles. The molecule has 5 nitrogen and oxygen atoms in total. The molecule has 0 amide bonds. The number of furan rings is 1. The second-order valence-electron chi connectivity index (χ2n) is 13.5. The van der Waals surface area contributed by atoms with E-state index in [-0.39, 0.29) is 0 Å². The van der Waals surface area contributed by atoms with E-state index in [4.69, 9.17) is 19.4 Å². The molecular weight excluding hydrogens is 637 g/mol. The van der Waals surface area contributed by atoms with Crippen molar-refractivity contribution in [3.8, 4) is 28.5 Å². The molecule has 0 aliphatic heterocycles. The van der Waals surface area contributed by atoms with E-state index >= 15 is 0 Å². The molecule has 0 radical (unpaired) electrons. The van der Waals surface area contributed by atoms with Crippen LogP contribution in [0.2, 0.25) is 0 Å². The number of para-hydroxylation sites is 1. The number of hydrogen-bond donors (Lipinski definition) is 0. The lowest BCUT2D eigenvalue weighted by Gasteiger charge is -2.12. The highest BCUT2D eigenvalue weighted by molar-refractivity contribution is 6.13. The number of rotatable bonds is 4. The average molecular weight is 667 g/mol. The van der Waals surface area contributed by atoms with Crippen LogP contribution in [0, 0.1) is 0 Å². The molecule has 11 rings (SSSR count). The van der Waals surface area contributed by atoms with Crippen molar-refractivity contribution in [2.45, 2.75) is 12.8 Å². The molecule has 0 unspecified atom stereocenters. The normalized spacial score (nSPS) is 13.0. The van der Waals surface area contributed by atoms with Gasteiger partial charge in [0.1, 0.15) is 11.0 Å². The third-order valence-corrected chi connectivity index (χ3v) is 10.5. The van der Waals surface area contributed by atoms with Crippen LogP contribution in [0.3, 0.4) is 0 Å². The molecule has 3 heterocycles. The number of hydrogen-bond acceptors (Lipinski definition) is 4. The lowest BCUT2D eigenvalue weighted by Crippen LogP contribution is -2.27. The van der Waals surface area contributed by atoms with Crippen molar-refractivity contribution in [1.29, 1.82) is 0 Å². The van der Waals surface area contributed by atoms with Crippen LogP contribution in [0.25, 0.3) is 94.4 Å². The van der Waals surface area contributed by atoms with Crippen molar-refractivity contribution < 1.29 is 4.42 Å². The van der Waals surface area contributed by atoms with Crippen LogP contribution in [0.15, 0.2) is 156 Å². The maximum atomic E-state index is 6.69. The summed E-state index contributed by atoms with van der Waals surface area (Å²) in [4.78, 5) is 15.3. The Kier molecular flexibility index (Phi) is 6.31. The molecule has 3 aromatic heterocycles. The fourth-order valence-electron chi connectivity index (χ4n) is 8.01. The molecule has 1 aliphatic rings. The fourth-order valence-corrected chi connectivity index (χ4v) is 8.01. The topological polar surface area (TPSA) is 56.7 Å². The van der Waals surface area contributed by atoms with E-state index in [2.05, 4.69) is 144 Å². The van der Waals surface area contributed by atoms with Gasteiger partial charge in [0.25, 0.3) is 0 Å². The van der Waals surface area contributed by atoms with Gasteiger partial charge in [0, 0.05) is 49.8 Å². The molecule has 52 heavy (non-hydrogen) atoms. The maximum absolute atomic E-state index is 6.69. The van der Waals surface area contributed by atoms with E-state index in [9.17, 15) is 0 Å². The number of benzene rings is 7. The Morgan fingerprint density at radius 1 is 0.481 bits per heavy atom. The van der Waals surface area contributed by atoms with Gasteiger partial charge < -0.3 is 8.98 Å². The van der Waals surface area contributed by atoms with Gasteiger partial charge in [-0.05, 0) is 76.9 Å². The standard InChI is InChI=1S/C47H30N4O/c1-2-12-30(13-3-1)45-48-46(34-22-21-29-11-4-5-14-31(29)25-34)50-47(49-45)38-18-10-20-42-44(38)37-24-23-35(28-43(37)52-42)51-40-19-9-8-17-36(40)39-26-32-15-6-7-16-33(32)27-41(39)51/h1-9,11-17,19-28H,10,18H2. The van der Waals surface area contributed by atoms with E-state index in [1.54, 1.807) is 0 Å². The highest BCUT2D eigenvalue weighted by Gasteiger charge is 2.20. The summed E-state index contributed by atoms with van der Waals surface area (Å²) in [6, 6.07) is 53.4. The number of aromatic nitrogens is 4. The Bertz CT molecular complexity index is 3190. The molecule has 1 aliphatic carbocycles. The Hall–Kier alpha value is -6.85. The molecule has 7 aromatic carbocycles. The third-order valence-electron chi connectivity index (χ3n) is 10.5. The van der Waals surface area contributed by atoms with Crippen molar-refractivity contribution in [3.05, 3.63) is 168 Å². The number of fused-ring (bicyclic) bond motifs is 8. The van der Waals surface area contributed by atoms with Crippen molar-refractivity contribution in [2.24, 2.45) is 0 Å². The first-order chi connectivity index (χ1) is 25.7. The first-order valence-corrected chi connectivity index (χ1v) is 17.7. The van der Waals surface area contributed by atoms with Crippen LogP contribution < -0.4 is 10.6 Å². The minimum atomic E-state index is 0.659. The predicted molar refractivity (Wildman–Crippen MR) is 212 cm³/mol. The minimum absolute atomic E-state index is 0.659. The van der Waals surface area contributed by atoms with Gasteiger partial charge in [-0.1, -0.05) is 109 Å². The smallest absolute Gasteiger partial charge is 0.164 e. The maximum Gasteiger partial charge on any atom is 0.164 e. The first kappa shape index (κ1) is 28.9. The summed E-state index contributed by atoms with van der Waals surface area (Å²) in [6.07, 6.45) is 3.85. The molecule has 5 heteroatoms. The Balaban J connectivity index is 1.13. The summed E-state index contributed by atoms with van der Waals surface area (Å²) < 4.78 is 9.05. The molecular formula is C47H30N4O. The summed E-state index contributed by atoms with van der Waals surface area (Å²) in [5.41, 5.74) is 8.12. The largest absolute Gasteiger partial charge is 0.456 e. The zero-order valence-electron chi connectivity index (χ0n) is 28.1. The van der Waals surface area contributed by atoms with E-state index in [1.165, 1.54) is 38.0 Å². The van der Waals surface area contributed by atoms with Crippen molar-refractivity contribution in [1.82, 2.24) is 19.5 Å². The van der Waals surface area contributed by atoms with Gasteiger partial charge in [0.05, 0.1) is 11.0 Å². The fraction of sp³-hybridized carbons (Fsp3) is 0.0426. The van der Waals surface area contributed by atoms with Gasteiger partial charge in [0.15, 0.2) is 17.5 Å². The van der Waals surface area contributed by atoms with E-state index < -0.39 is 0 Å². The lowest BCUT2D eigenvalue weighted by molar-refractivity contribution is 0.571. The van der Waals surface area contributed by atoms with Crippen molar-refractivity contribution in [3.63, 3.8) is 0 Å². The van der Waals surface area contributed by atoms with E-state index in [0.29, 0.717) is 17.5 Å². The van der Waals surface area contributed by atoms with Crippen molar-refractivity contribution in [2.75, 3.05) is 0 Å². The summed E-state index contributed by atoms with van der Waals surface area (Å²) >= 11 is 0. The monoisotopic (exact) mass is 666 g/mol. The summed E-state index contributed by atoms with van der Waals surface area (Å²) in [7, 11) is 0. The second kappa shape index (κ2) is 11.3. The lowest BCUT2D eigenvalue weighted by atomic mass is 10.00. The Labute approximate surface area is 298 Å². The third kappa shape index (κ3) is 4.53. The molecule has 244 valence electrons. The molecule has 10 aromatic rings. The molecule has 0 spiro atoms. The van der Waals surface area contributed by atoms with Crippen LogP contribution in [-0.2, 0) is 0 Å². The van der Waals surface area contributed by atoms with Gasteiger partial charge in [-0.3, -0.25) is 0 Å². The van der Waals surface area contributed by atoms with Crippen LogP contribution >= 0.6 is 0 Å². The molecule has 0 bridgehead atoms. The van der Waals surface area contributed by atoms with Gasteiger partial charge in [-0.15, -0.1) is 0 Å². The van der Waals surface area contributed by atoms with E-state index in [1.807, 2.05) is 18.2 Å². The van der Waals surface area contributed by atoms with Crippen molar-refractivity contribution >= 4 is 66.0 Å². The quantitative estimate of drug-likeness (QED) is 0.188. The first-order valence-electron chi connectivity index (χ1n) is 17.7. The zero-order chi connectivity index (χ0) is 34.2. The summed E-state index contributed by atoms with van der Waals surface area (Å²) in [5, 5.41) is 9.39. The molecule has 0 fully saturated rings.